The van der Waals surface area contributed by atoms with Gasteiger partial charge in [0.05, 0.1) is 5.56 Å². The first-order chi connectivity index (χ1) is 8.24. The van der Waals surface area contributed by atoms with E-state index < -0.39 is 5.97 Å². The highest BCUT2D eigenvalue weighted by atomic mass is 16.4. The van der Waals surface area contributed by atoms with E-state index in [4.69, 9.17) is 5.11 Å². The number of carboxylic acid groups (broad SMARTS) is 1. The molecule has 17 heavy (non-hydrogen) atoms. The van der Waals surface area contributed by atoms with Crippen LogP contribution in [-0.2, 0) is 0 Å². The van der Waals surface area contributed by atoms with Gasteiger partial charge in [0.15, 0.2) is 0 Å². The first-order valence-corrected chi connectivity index (χ1v) is 6.20. The maximum Gasteiger partial charge on any atom is 0.337 e. The van der Waals surface area contributed by atoms with E-state index in [9.17, 15) is 4.79 Å². The van der Waals surface area contributed by atoms with E-state index in [1.54, 1.807) is 12.1 Å². The Morgan fingerprint density at radius 3 is 2.35 bits per heavy atom. The molecule has 2 N–H and O–H groups in total. The number of aromatic nitrogens is 1. The number of nitrogens with zero attached hydrogens (tertiary/aromatic N) is 1. The zero-order chi connectivity index (χ0) is 11.8. The Morgan fingerprint density at radius 1 is 1.29 bits per heavy atom. The van der Waals surface area contributed by atoms with E-state index in [1.165, 1.54) is 31.9 Å². The van der Waals surface area contributed by atoms with E-state index in [0.29, 0.717) is 6.04 Å². The van der Waals surface area contributed by atoms with Crippen molar-refractivity contribution in [1.29, 1.82) is 0 Å². The molecule has 4 nitrogen and oxygen atoms in total. The molecule has 2 aliphatic carbocycles. The van der Waals surface area contributed by atoms with Gasteiger partial charge in [0.2, 0.25) is 0 Å². The van der Waals surface area contributed by atoms with Gasteiger partial charge in [0, 0.05) is 12.2 Å². The number of hydrogen-bond acceptors (Lipinski definition) is 3. The summed E-state index contributed by atoms with van der Waals surface area (Å²) in [6, 6.07) is 3.92. The molecule has 0 amide bonds. The molecule has 1 aromatic rings. The third-order valence-electron chi connectivity index (χ3n) is 3.58. The van der Waals surface area contributed by atoms with Gasteiger partial charge in [0.1, 0.15) is 5.82 Å². The molecule has 0 spiro atoms. The summed E-state index contributed by atoms with van der Waals surface area (Å²) < 4.78 is 0. The van der Waals surface area contributed by atoms with Crippen LogP contribution < -0.4 is 5.32 Å². The van der Waals surface area contributed by atoms with Gasteiger partial charge in [-0.1, -0.05) is 0 Å². The van der Waals surface area contributed by atoms with Crippen molar-refractivity contribution in [3.8, 4) is 0 Å². The fourth-order valence-corrected chi connectivity index (χ4v) is 2.31. The first-order valence-electron chi connectivity index (χ1n) is 6.20. The molecule has 0 radical (unpaired) electrons. The Morgan fingerprint density at radius 2 is 1.94 bits per heavy atom. The third-order valence-corrected chi connectivity index (χ3v) is 3.58. The zero-order valence-corrected chi connectivity index (χ0v) is 9.60. The summed E-state index contributed by atoms with van der Waals surface area (Å²) in [7, 11) is 0. The van der Waals surface area contributed by atoms with Crippen LogP contribution in [0.1, 0.15) is 36.0 Å². The standard InChI is InChI=1S/C13H16N2O2/c16-13(17)10-5-6-11(14-7-10)15-12(8-1-2-8)9-3-4-9/h5-9,12H,1-4H2,(H,14,15)(H,16,17). The molecule has 0 aromatic carbocycles. The van der Waals surface area contributed by atoms with Gasteiger partial charge in [-0.15, -0.1) is 0 Å². The zero-order valence-electron chi connectivity index (χ0n) is 9.60. The molecule has 1 heterocycles. The highest BCUT2D eigenvalue weighted by molar-refractivity contribution is 5.87. The number of pyridine rings is 1. The molecule has 0 unspecified atom stereocenters. The van der Waals surface area contributed by atoms with Crippen LogP contribution in [0.5, 0.6) is 0 Å². The molecule has 0 aliphatic heterocycles. The minimum atomic E-state index is -0.926. The molecule has 90 valence electrons. The summed E-state index contributed by atoms with van der Waals surface area (Å²) in [5, 5.41) is 12.3. The quantitative estimate of drug-likeness (QED) is 0.818. The molecule has 0 bridgehead atoms. The lowest BCUT2D eigenvalue weighted by molar-refractivity contribution is 0.0696. The van der Waals surface area contributed by atoms with Crippen molar-refractivity contribution in [1.82, 2.24) is 4.98 Å². The second-order valence-electron chi connectivity index (χ2n) is 5.08. The summed E-state index contributed by atoms with van der Waals surface area (Å²) in [6.45, 7) is 0. The second kappa shape index (κ2) is 4.02. The fourth-order valence-electron chi connectivity index (χ4n) is 2.31. The number of anilines is 1. The summed E-state index contributed by atoms with van der Waals surface area (Å²) in [5.41, 5.74) is 0.241. The summed E-state index contributed by atoms with van der Waals surface area (Å²) in [4.78, 5) is 14.9. The molecule has 0 saturated heterocycles. The average Bonchev–Trinajstić information content (AvgIpc) is 3.17. The van der Waals surface area contributed by atoms with E-state index in [0.717, 1.165) is 17.7 Å². The molecule has 3 rings (SSSR count). The van der Waals surface area contributed by atoms with Crippen molar-refractivity contribution in [2.45, 2.75) is 31.7 Å². The molecule has 2 saturated carbocycles. The van der Waals surface area contributed by atoms with E-state index in [1.807, 2.05) is 0 Å². The lowest BCUT2D eigenvalue weighted by Crippen LogP contribution is -2.24. The summed E-state index contributed by atoms with van der Waals surface area (Å²) in [6.07, 6.45) is 6.70. The van der Waals surface area contributed by atoms with E-state index in [2.05, 4.69) is 10.3 Å². The fraction of sp³-hybridized carbons (Fsp3) is 0.538. The maximum absolute atomic E-state index is 10.7. The van der Waals surface area contributed by atoms with Crippen molar-refractivity contribution in [3.63, 3.8) is 0 Å². The molecular weight excluding hydrogens is 216 g/mol. The van der Waals surface area contributed by atoms with Crippen LogP contribution in [0.3, 0.4) is 0 Å². The molecule has 2 aliphatic rings. The van der Waals surface area contributed by atoms with Gasteiger partial charge in [-0.2, -0.15) is 0 Å². The van der Waals surface area contributed by atoms with Gasteiger partial charge >= 0.3 is 5.97 Å². The number of rotatable bonds is 5. The van der Waals surface area contributed by atoms with Crippen LogP contribution in [0.25, 0.3) is 0 Å². The van der Waals surface area contributed by atoms with E-state index in [-0.39, 0.29) is 5.56 Å². The lowest BCUT2D eigenvalue weighted by atomic mass is 10.1. The van der Waals surface area contributed by atoms with Crippen molar-refractivity contribution in [2.24, 2.45) is 11.8 Å². The minimum absolute atomic E-state index is 0.241. The predicted molar refractivity (Wildman–Crippen MR) is 64.1 cm³/mol. The van der Waals surface area contributed by atoms with Gasteiger partial charge < -0.3 is 10.4 Å². The first kappa shape index (κ1) is 10.6. The van der Waals surface area contributed by atoms with Crippen molar-refractivity contribution < 1.29 is 9.90 Å². The molecular formula is C13H16N2O2. The molecule has 0 atom stereocenters. The topological polar surface area (TPSA) is 62.2 Å². The monoisotopic (exact) mass is 232 g/mol. The van der Waals surface area contributed by atoms with Crippen molar-refractivity contribution in [2.75, 3.05) is 5.32 Å². The van der Waals surface area contributed by atoms with Gasteiger partial charge in [-0.3, -0.25) is 0 Å². The largest absolute Gasteiger partial charge is 0.478 e. The Kier molecular flexibility index (Phi) is 2.50. The normalized spacial score (nSPS) is 19.4. The van der Waals surface area contributed by atoms with Crippen LogP contribution in [0.15, 0.2) is 18.3 Å². The van der Waals surface area contributed by atoms with Crippen LogP contribution >= 0.6 is 0 Å². The van der Waals surface area contributed by atoms with Crippen molar-refractivity contribution >= 4 is 11.8 Å². The molecule has 4 heteroatoms. The SMILES string of the molecule is O=C(O)c1ccc(NC(C2CC2)C2CC2)nc1. The number of aromatic carboxylic acids is 1. The van der Waals surface area contributed by atoms with Crippen molar-refractivity contribution in [3.05, 3.63) is 23.9 Å². The van der Waals surface area contributed by atoms with E-state index >= 15 is 0 Å². The predicted octanol–water partition coefficient (Wildman–Crippen LogP) is 2.38. The minimum Gasteiger partial charge on any atom is -0.478 e. The highest BCUT2D eigenvalue weighted by Gasteiger charge is 2.41. The average molecular weight is 232 g/mol. The van der Waals surface area contributed by atoms with Gasteiger partial charge in [0.25, 0.3) is 0 Å². The highest BCUT2D eigenvalue weighted by Crippen LogP contribution is 2.45. The molecule has 1 aromatic heterocycles. The lowest BCUT2D eigenvalue weighted by Gasteiger charge is -2.18. The van der Waals surface area contributed by atoms with Crippen LogP contribution in [0.2, 0.25) is 0 Å². The maximum atomic E-state index is 10.7. The van der Waals surface area contributed by atoms with Crippen LogP contribution in [0, 0.1) is 11.8 Å². The van der Waals surface area contributed by atoms with Gasteiger partial charge in [-0.25, -0.2) is 9.78 Å². The van der Waals surface area contributed by atoms with Crippen LogP contribution in [-0.4, -0.2) is 22.1 Å². The third kappa shape index (κ3) is 2.40. The Bertz CT molecular complexity index is 410. The number of hydrogen-bond donors (Lipinski definition) is 2. The second-order valence-corrected chi connectivity index (χ2v) is 5.08. The summed E-state index contributed by atoms with van der Waals surface area (Å²) >= 11 is 0. The molecule has 2 fully saturated rings. The number of nitrogens with one attached hydrogen (secondary N) is 1. The Hall–Kier alpha value is -1.58. The number of carbonyl (C=O) groups is 1. The smallest absolute Gasteiger partial charge is 0.337 e. The summed E-state index contributed by atoms with van der Waals surface area (Å²) in [5.74, 6) is 1.50. The van der Waals surface area contributed by atoms with Crippen LogP contribution in [0.4, 0.5) is 5.82 Å². The Labute approximate surface area is 100 Å². The van der Waals surface area contributed by atoms with Gasteiger partial charge in [-0.05, 0) is 49.7 Å². The number of carboxylic acids is 1. The Balaban J connectivity index is 1.68.